The van der Waals surface area contributed by atoms with E-state index in [1.54, 1.807) is 18.0 Å². The lowest BCUT2D eigenvalue weighted by molar-refractivity contribution is -0.143. The Kier molecular flexibility index (Phi) is 6.87. The van der Waals surface area contributed by atoms with Gasteiger partial charge in [-0.15, -0.1) is 0 Å². The molecule has 2 aliphatic carbocycles. The minimum absolute atomic E-state index is 0.0341. The van der Waals surface area contributed by atoms with E-state index in [4.69, 9.17) is 9.47 Å². The average molecular weight is 414 g/mol. The van der Waals surface area contributed by atoms with E-state index in [0.29, 0.717) is 11.5 Å². The number of hydrogen-bond donors (Lipinski definition) is 0. The fourth-order valence-electron chi connectivity index (χ4n) is 2.94. The number of Topliss-reactive ketones (excluding diaryl/α,β-unsaturated/α-hetero) is 1. The molecule has 0 atom stereocenters. The summed E-state index contributed by atoms with van der Waals surface area (Å²) >= 11 is 0. The predicted octanol–water partition coefficient (Wildman–Crippen LogP) is 3.07. The van der Waals surface area contributed by atoms with E-state index in [9.17, 15) is 14.4 Å². The lowest BCUT2D eigenvalue weighted by Gasteiger charge is -2.03. The van der Waals surface area contributed by atoms with Crippen molar-refractivity contribution in [1.82, 2.24) is 9.78 Å². The van der Waals surface area contributed by atoms with Crippen LogP contribution in [-0.2, 0) is 19.1 Å². The van der Waals surface area contributed by atoms with Gasteiger partial charge in [0.1, 0.15) is 23.5 Å². The van der Waals surface area contributed by atoms with Crippen LogP contribution in [0.3, 0.4) is 0 Å². The summed E-state index contributed by atoms with van der Waals surface area (Å²) in [4.78, 5) is 33.2. The van der Waals surface area contributed by atoms with Crippen molar-refractivity contribution in [1.29, 1.82) is 0 Å². The maximum absolute atomic E-state index is 11.8. The number of carbonyl (C=O) groups excluding carboxylic acids is 3. The standard InChI is InChI=1S/C15H16N2O3.C7H10O3/c1-19-12-7-5-11(6-8-12)17-9-13(15(18)20-2)14(16-17)10-3-4-10;1-10-7(9)4-6(8)5-2-3-5/h5-10H,3-4H2,1-2H3;5H,2-4H2,1H3. The fourth-order valence-corrected chi connectivity index (χ4v) is 2.94. The molecular formula is C22H26N2O6. The molecule has 2 aliphatic rings. The first kappa shape index (κ1) is 21.5. The first-order chi connectivity index (χ1) is 14.5. The number of carbonyl (C=O) groups is 3. The van der Waals surface area contributed by atoms with Crippen LogP contribution in [-0.4, -0.2) is 48.8 Å². The second-order valence-electron chi connectivity index (χ2n) is 7.33. The Balaban J connectivity index is 0.000000216. The lowest BCUT2D eigenvalue weighted by atomic mass is 10.2. The molecular weight excluding hydrogens is 388 g/mol. The summed E-state index contributed by atoms with van der Waals surface area (Å²) in [6, 6.07) is 7.55. The highest BCUT2D eigenvalue weighted by Crippen LogP contribution is 2.41. The second kappa shape index (κ2) is 9.56. The van der Waals surface area contributed by atoms with Gasteiger partial charge in [-0.1, -0.05) is 0 Å². The summed E-state index contributed by atoms with van der Waals surface area (Å²) < 4.78 is 16.0. The van der Waals surface area contributed by atoms with Crippen LogP contribution >= 0.6 is 0 Å². The molecule has 4 rings (SSSR count). The van der Waals surface area contributed by atoms with E-state index in [1.807, 2.05) is 24.3 Å². The number of aromatic nitrogens is 2. The largest absolute Gasteiger partial charge is 0.497 e. The van der Waals surface area contributed by atoms with E-state index in [-0.39, 0.29) is 24.1 Å². The molecule has 2 fully saturated rings. The Labute approximate surface area is 175 Å². The van der Waals surface area contributed by atoms with Gasteiger partial charge in [-0.2, -0.15) is 5.10 Å². The van der Waals surface area contributed by atoms with Crippen molar-refractivity contribution in [3.63, 3.8) is 0 Å². The third-order valence-corrected chi connectivity index (χ3v) is 5.03. The van der Waals surface area contributed by atoms with Crippen molar-refractivity contribution in [2.45, 2.75) is 38.0 Å². The smallest absolute Gasteiger partial charge is 0.341 e. The van der Waals surface area contributed by atoms with Gasteiger partial charge >= 0.3 is 11.9 Å². The van der Waals surface area contributed by atoms with Crippen LogP contribution in [0, 0.1) is 5.92 Å². The van der Waals surface area contributed by atoms with Crippen LogP contribution < -0.4 is 4.74 Å². The van der Waals surface area contributed by atoms with E-state index < -0.39 is 5.97 Å². The molecule has 1 heterocycles. The topological polar surface area (TPSA) is 96.7 Å². The molecule has 1 aromatic carbocycles. The molecule has 0 spiro atoms. The summed E-state index contributed by atoms with van der Waals surface area (Å²) in [5, 5.41) is 4.54. The number of nitrogens with zero attached hydrogens (tertiary/aromatic N) is 2. The number of benzene rings is 1. The van der Waals surface area contributed by atoms with Crippen molar-refractivity contribution < 1.29 is 28.6 Å². The van der Waals surface area contributed by atoms with Crippen LogP contribution in [0.25, 0.3) is 5.69 Å². The van der Waals surface area contributed by atoms with Crippen LogP contribution in [0.4, 0.5) is 0 Å². The molecule has 0 N–H and O–H groups in total. The summed E-state index contributed by atoms with van der Waals surface area (Å²) in [6.45, 7) is 0. The number of rotatable bonds is 7. The Bertz CT molecular complexity index is 910. The third-order valence-electron chi connectivity index (χ3n) is 5.03. The van der Waals surface area contributed by atoms with Gasteiger partial charge < -0.3 is 14.2 Å². The van der Waals surface area contributed by atoms with Gasteiger partial charge in [0.25, 0.3) is 0 Å². The van der Waals surface area contributed by atoms with Crippen molar-refractivity contribution in [2.75, 3.05) is 21.3 Å². The summed E-state index contributed by atoms with van der Waals surface area (Å²) in [5.41, 5.74) is 2.29. The quantitative estimate of drug-likeness (QED) is 0.507. The first-order valence-corrected chi connectivity index (χ1v) is 9.88. The van der Waals surface area contributed by atoms with Gasteiger partial charge in [0.2, 0.25) is 0 Å². The minimum Gasteiger partial charge on any atom is -0.497 e. The van der Waals surface area contributed by atoms with Gasteiger partial charge in [-0.05, 0) is 49.9 Å². The molecule has 8 heteroatoms. The van der Waals surface area contributed by atoms with E-state index in [1.165, 1.54) is 14.2 Å². The number of ether oxygens (including phenoxy) is 3. The van der Waals surface area contributed by atoms with Gasteiger partial charge in [0.15, 0.2) is 0 Å². The van der Waals surface area contributed by atoms with E-state index >= 15 is 0 Å². The Hall–Kier alpha value is -3.16. The highest BCUT2D eigenvalue weighted by molar-refractivity contribution is 5.97. The number of hydrogen-bond acceptors (Lipinski definition) is 7. The van der Waals surface area contributed by atoms with Crippen LogP contribution in [0.2, 0.25) is 0 Å². The zero-order valence-corrected chi connectivity index (χ0v) is 17.4. The van der Waals surface area contributed by atoms with Crippen LogP contribution in [0.5, 0.6) is 5.75 Å². The van der Waals surface area contributed by atoms with Gasteiger partial charge in [0.05, 0.1) is 32.7 Å². The number of esters is 2. The first-order valence-electron chi connectivity index (χ1n) is 9.88. The minimum atomic E-state index is -0.420. The maximum Gasteiger partial charge on any atom is 0.341 e. The van der Waals surface area contributed by atoms with Gasteiger partial charge in [-0.25, -0.2) is 9.48 Å². The van der Waals surface area contributed by atoms with Crippen molar-refractivity contribution in [3.05, 3.63) is 41.7 Å². The monoisotopic (exact) mass is 414 g/mol. The molecule has 1 aromatic heterocycles. The normalized spacial score (nSPS) is 14.9. The van der Waals surface area contributed by atoms with E-state index in [2.05, 4.69) is 9.84 Å². The zero-order chi connectivity index (χ0) is 21.7. The molecule has 160 valence electrons. The zero-order valence-electron chi connectivity index (χ0n) is 17.4. The van der Waals surface area contributed by atoms with Crippen molar-refractivity contribution in [3.8, 4) is 11.4 Å². The SMILES string of the molecule is COC(=O)CC(=O)C1CC1.COC(=O)c1cn(-c2ccc(OC)cc2)nc1C1CC1. The molecule has 30 heavy (non-hydrogen) atoms. The molecule has 0 aliphatic heterocycles. The highest BCUT2D eigenvalue weighted by Gasteiger charge is 2.32. The third kappa shape index (κ3) is 5.46. The van der Waals surface area contributed by atoms with E-state index in [0.717, 1.165) is 42.8 Å². The van der Waals surface area contributed by atoms with Crippen molar-refractivity contribution >= 4 is 17.7 Å². The molecule has 0 radical (unpaired) electrons. The molecule has 0 bridgehead atoms. The molecule has 2 aromatic rings. The van der Waals surface area contributed by atoms with Crippen molar-refractivity contribution in [2.24, 2.45) is 5.92 Å². The molecule has 0 saturated heterocycles. The summed E-state index contributed by atoms with van der Waals surface area (Å²) in [5.74, 6) is 0.634. The Morgan fingerprint density at radius 3 is 2.17 bits per heavy atom. The number of ketones is 1. The van der Waals surface area contributed by atoms with Crippen LogP contribution in [0.1, 0.15) is 54.1 Å². The van der Waals surface area contributed by atoms with Crippen LogP contribution in [0.15, 0.2) is 30.5 Å². The number of methoxy groups -OCH3 is 3. The molecule has 8 nitrogen and oxygen atoms in total. The Morgan fingerprint density at radius 1 is 1.00 bits per heavy atom. The fraction of sp³-hybridized carbons (Fsp3) is 0.455. The second-order valence-corrected chi connectivity index (χ2v) is 7.33. The molecule has 2 saturated carbocycles. The predicted molar refractivity (Wildman–Crippen MR) is 108 cm³/mol. The average Bonchev–Trinajstić information content (AvgIpc) is 3.71. The summed E-state index contributed by atoms with van der Waals surface area (Å²) in [7, 11) is 4.32. The lowest BCUT2D eigenvalue weighted by Crippen LogP contribution is -2.10. The highest BCUT2D eigenvalue weighted by atomic mass is 16.5. The Morgan fingerprint density at radius 2 is 1.67 bits per heavy atom. The summed E-state index contributed by atoms with van der Waals surface area (Å²) in [6.07, 6.45) is 5.78. The molecule has 0 amide bonds. The molecule has 0 unspecified atom stereocenters. The maximum atomic E-state index is 11.8. The van der Waals surface area contributed by atoms with Gasteiger partial charge in [0, 0.05) is 18.0 Å². The van der Waals surface area contributed by atoms with Gasteiger partial charge in [-0.3, -0.25) is 9.59 Å².